The van der Waals surface area contributed by atoms with Crippen LogP contribution in [0.3, 0.4) is 0 Å². The third-order valence-corrected chi connectivity index (χ3v) is 4.24. The molecule has 2 heterocycles. The van der Waals surface area contributed by atoms with E-state index in [0.29, 0.717) is 18.0 Å². The lowest BCUT2D eigenvalue weighted by Gasteiger charge is -2.36. The molecule has 0 radical (unpaired) electrons. The van der Waals surface area contributed by atoms with E-state index in [-0.39, 0.29) is 22.8 Å². The zero-order valence-electron chi connectivity index (χ0n) is 14.4. The number of rotatable bonds is 4. The molecular formula is C17H28N2O3. The fourth-order valence-electron chi connectivity index (χ4n) is 2.61. The molecule has 2 rings (SSSR count). The predicted octanol–water partition coefficient (Wildman–Crippen LogP) is 3.30. The predicted molar refractivity (Wildman–Crippen MR) is 84.9 cm³/mol. The monoisotopic (exact) mass is 308 g/mol. The Morgan fingerprint density at radius 2 is 2.05 bits per heavy atom. The minimum absolute atomic E-state index is 0.0906. The third-order valence-electron chi connectivity index (χ3n) is 4.24. The van der Waals surface area contributed by atoms with E-state index >= 15 is 0 Å². The molecule has 5 nitrogen and oxygen atoms in total. The van der Waals surface area contributed by atoms with E-state index in [9.17, 15) is 4.79 Å². The van der Waals surface area contributed by atoms with Crippen LogP contribution in [0.5, 0.6) is 0 Å². The van der Waals surface area contributed by atoms with Crippen LogP contribution in [0.1, 0.15) is 70.1 Å². The van der Waals surface area contributed by atoms with Crippen molar-refractivity contribution in [2.75, 3.05) is 13.2 Å². The Morgan fingerprint density at radius 3 is 2.59 bits per heavy atom. The highest BCUT2D eigenvalue weighted by molar-refractivity contribution is 5.92. The van der Waals surface area contributed by atoms with Gasteiger partial charge in [-0.1, -0.05) is 39.8 Å². The molecule has 1 N–H and O–H groups in total. The van der Waals surface area contributed by atoms with E-state index in [4.69, 9.17) is 9.26 Å². The molecule has 1 aliphatic heterocycles. The molecule has 1 aromatic rings. The van der Waals surface area contributed by atoms with Gasteiger partial charge in [-0.2, -0.15) is 0 Å². The normalized spacial score (nSPS) is 20.0. The first-order chi connectivity index (χ1) is 10.2. The van der Waals surface area contributed by atoms with Crippen LogP contribution in [-0.2, 0) is 10.2 Å². The van der Waals surface area contributed by atoms with E-state index in [1.807, 2.05) is 20.8 Å². The average molecular weight is 308 g/mol. The molecule has 0 unspecified atom stereocenters. The van der Waals surface area contributed by atoms with E-state index in [0.717, 1.165) is 19.4 Å². The van der Waals surface area contributed by atoms with Crippen molar-refractivity contribution in [3.8, 4) is 0 Å². The number of nitrogens with zero attached hydrogens (tertiary/aromatic N) is 1. The molecule has 1 saturated heterocycles. The second-order valence-corrected chi connectivity index (χ2v) is 7.85. The summed E-state index contributed by atoms with van der Waals surface area (Å²) < 4.78 is 11.1. The van der Waals surface area contributed by atoms with Crippen molar-refractivity contribution >= 4 is 5.91 Å². The second-order valence-electron chi connectivity index (χ2n) is 7.85. The number of ether oxygens (including phenoxy) is 1. The fraction of sp³-hybridized carbons (Fsp3) is 0.765. The average Bonchev–Trinajstić information content (AvgIpc) is 2.96. The Morgan fingerprint density at radius 1 is 1.32 bits per heavy atom. The summed E-state index contributed by atoms with van der Waals surface area (Å²) in [6.45, 7) is 11.7. The van der Waals surface area contributed by atoms with Crippen LogP contribution < -0.4 is 5.32 Å². The van der Waals surface area contributed by atoms with Crippen LogP contribution in [0.25, 0.3) is 0 Å². The summed E-state index contributed by atoms with van der Waals surface area (Å²) in [6, 6.07) is 1.72. The minimum atomic E-state index is -0.192. The van der Waals surface area contributed by atoms with Gasteiger partial charge in [-0.05, 0) is 19.3 Å². The van der Waals surface area contributed by atoms with E-state index < -0.39 is 0 Å². The maximum atomic E-state index is 12.2. The topological polar surface area (TPSA) is 64.4 Å². The SMILES string of the molecule is CC(C)(C)c1cc(C(=O)NCC(C)(C)[C@@H]2CCCCO2)no1. The van der Waals surface area contributed by atoms with Gasteiger partial charge < -0.3 is 14.6 Å². The smallest absolute Gasteiger partial charge is 0.273 e. The number of nitrogens with one attached hydrogen (secondary N) is 1. The lowest BCUT2D eigenvalue weighted by atomic mass is 9.82. The molecule has 1 aliphatic rings. The first-order valence-electron chi connectivity index (χ1n) is 8.07. The van der Waals surface area contributed by atoms with Gasteiger partial charge in [0.15, 0.2) is 5.69 Å². The van der Waals surface area contributed by atoms with Crippen molar-refractivity contribution < 1.29 is 14.1 Å². The van der Waals surface area contributed by atoms with Crippen molar-refractivity contribution in [2.24, 2.45) is 5.41 Å². The standard InChI is InChI=1S/C17H28N2O3/c1-16(2,3)14-10-12(19-22-14)15(20)18-11-17(4,5)13-8-6-7-9-21-13/h10,13H,6-9,11H2,1-5H3,(H,18,20)/t13-/m0/s1. The summed E-state index contributed by atoms with van der Waals surface area (Å²) in [7, 11) is 0. The van der Waals surface area contributed by atoms with Crippen LogP contribution in [0.4, 0.5) is 0 Å². The number of hydrogen-bond acceptors (Lipinski definition) is 4. The molecule has 22 heavy (non-hydrogen) atoms. The highest BCUT2D eigenvalue weighted by Crippen LogP contribution is 2.29. The summed E-state index contributed by atoms with van der Waals surface area (Å²) in [5, 5.41) is 6.84. The second kappa shape index (κ2) is 6.41. The Labute approximate surface area is 132 Å². The lowest BCUT2D eigenvalue weighted by molar-refractivity contribution is -0.0531. The molecule has 0 aliphatic carbocycles. The summed E-state index contributed by atoms with van der Waals surface area (Å²) in [4.78, 5) is 12.2. The highest BCUT2D eigenvalue weighted by Gasteiger charge is 2.32. The van der Waals surface area contributed by atoms with Crippen LogP contribution in [0.15, 0.2) is 10.6 Å². The van der Waals surface area contributed by atoms with Crippen molar-refractivity contribution in [1.29, 1.82) is 0 Å². The zero-order chi connectivity index (χ0) is 16.4. The quantitative estimate of drug-likeness (QED) is 0.927. The number of carbonyl (C=O) groups excluding carboxylic acids is 1. The Balaban J connectivity index is 1.93. The number of amides is 1. The highest BCUT2D eigenvalue weighted by atomic mass is 16.5. The molecule has 1 aromatic heterocycles. The minimum Gasteiger partial charge on any atom is -0.378 e. The van der Waals surface area contributed by atoms with Crippen LogP contribution in [0, 0.1) is 5.41 Å². The Kier molecular flexibility index (Phi) is 4.95. The molecule has 124 valence electrons. The molecule has 1 fully saturated rings. The van der Waals surface area contributed by atoms with Gasteiger partial charge in [0.05, 0.1) is 6.10 Å². The number of carbonyl (C=O) groups is 1. The molecular weight excluding hydrogens is 280 g/mol. The Bertz CT molecular complexity index is 508. The molecule has 1 amide bonds. The van der Waals surface area contributed by atoms with Crippen molar-refractivity contribution in [3.05, 3.63) is 17.5 Å². The van der Waals surface area contributed by atoms with Gasteiger partial charge in [0.2, 0.25) is 0 Å². The summed E-state index contributed by atoms with van der Waals surface area (Å²) in [5.41, 5.74) is 0.0956. The van der Waals surface area contributed by atoms with Crippen molar-refractivity contribution in [2.45, 2.75) is 65.4 Å². The number of hydrogen-bond donors (Lipinski definition) is 1. The first kappa shape index (κ1) is 17.0. The van der Waals surface area contributed by atoms with Crippen LogP contribution in [-0.4, -0.2) is 30.3 Å². The van der Waals surface area contributed by atoms with Gasteiger partial charge in [-0.25, -0.2) is 0 Å². The Hall–Kier alpha value is -1.36. The van der Waals surface area contributed by atoms with E-state index in [1.165, 1.54) is 6.42 Å². The van der Waals surface area contributed by atoms with Gasteiger partial charge in [0, 0.05) is 30.0 Å². The largest absolute Gasteiger partial charge is 0.378 e. The van der Waals surface area contributed by atoms with E-state index in [1.54, 1.807) is 6.07 Å². The molecule has 5 heteroatoms. The van der Waals surface area contributed by atoms with Gasteiger partial charge >= 0.3 is 0 Å². The molecule has 1 atom stereocenters. The fourth-order valence-corrected chi connectivity index (χ4v) is 2.61. The third kappa shape index (κ3) is 4.09. The van der Waals surface area contributed by atoms with Crippen LogP contribution >= 0.6 is 0 Å². The molecule has 0 spiro atoms. The maximum absolute atomic E-state index is 12.2. The summed E-state index contributed by atoms with van der Waals surface area (Å²) >= 11 is 0. The lowest BCUT2D eigenvalue weighted by Crippen LogP contribution is -2.43. The maximum Gasteiger partial charge on any atom is 0.273 e. The van der Waals surface area contributed by atoms with Gasteiger partial charge in [0.1, 0.15) is 5.76 Å². The molecule has 0 bridgehead atoms. The van der Waals surface area contributed by atoms with Gasteiger partial charge in [0.25, 0.3) is 5.91 Å². The van der Waals surface area contributed by atoms with Gasteiger partial charge in [-0.3, -0.25) is 4.79 Å². The van der Waals surface area contributed by atoms with Crippen molar-refractivity contribution in [3.63, 3.8) is 0 Å². The van der Waals surface area contributed by atoms with E-state index in [2.05, 4.69) is 24.3 Å². The summed E-state index contributed by atoms with van der Waals surface area (Å²) in [6.07, 6.45) is 3.58. The van der Waals surface area contributed by atoms with Gasteiger partial charge in [-0.15, -0.1) is 0 Å². The first-order valence-corrected chi connectivity index (χ1v) is 8.07. The molecule has 0 saturated carbocycles. The molecule has 0 aromatic carbocycles. The zero-order valence-corrected chi connectivity index (χ0v) is 14.4. The number of aromatic nitrogens is 1. The van der Waals surface area contributed by atoms with Crippen molar-refractivity contribution in [1.82, 2.24) is 10.5 Å². The van der Waals surface area contributed by atoms with Crippen LogP contribution in [0.2, 0.25) is 0 Å². The summed E-state index contributed by atoms with van der Waals surface area (Å²) in [5.74, 6) is 0.524.